The Morgan fingerprint density at radius 3 is 2.79 bits per heavy atom. The average molecular weight is 658 g/mol. The first-order chi connectivity index (χ1) is 18.5. The number of ether oxygens (including phenoxy) is 2. The lowest BCUT2D eigenvalue weighted by Gasteiger charge is -2.26. The number of rotatable bonds is 13. The number of amides is 1. The minimum atomic E-state index is -0.649. The molecular formula is C26H30ClFIN5O4. The minimum absolute atomic E-state index is 0.0402. The molecule has 1 saturated heterocycles. The van der Waals surface area contributed by atoms with Gasteiger partial charge in [0, 0.05) is 23.2 Å². The van der Waals surface area contributed by atoms with E-state index in [9.17, 15) is 4.79 Å². The highest BCUT2D eigenvalue weighted by Gasteiger charge is 2.23. The molecule has 12 heteroatoms. The molecule has 2 N–H and O–H groups in total. The van der Waals surface area contributed by atoms with Gasteiger partial charge in [-0.2, -0.15) is 0 Å². The number of fused-ring (bicyclic) bond motifs is 1. The van der Waals surface area contributed by atoms with Gasteiger partial charge in [-0.3, -0.25) is 14.5 Å². The number of hydrogen-bond donors (Lipinski definition) is 2. The number of nitrogens with one attached hydrogen (secondary N) is 2. The van der Waals surface area contributed by atoms with Gasteiger partial charge in [-0.05, 0) is 66.2 Å². The van der Waals surface area contributed by atoms with E-state index in [2.05, 4.69) is 49.9 Å². The topological polar surface area (TPSA) is 89.9 Å². The molecule has 1 amide bonds. The molecule has 0 atom stereocenters. The highest BCUT2D eigenvalue weighted by Crippen LogP contribution is 2.34. The van der Waals surface area contributed by atoms with E-state index in [4.69, 9.17) is 25.9 Å². The van der Waals surface area contributed by atoms with Crippen molar-refractivity contribution < 1.29 is 23.5 Å². The van der Waals surface area contributed by atoms with Crippen molar-refractivity contribution in [2.75, 3.05) is 51.4 Å². The highest BCUT2D eigenvalue weighted by atomic mass is 127. The molecule has 1 fully saturated rings. The van der Waals surface area contributed by atoms with Crippen LogP contribution in [0.4, 0.5) is 15.8 Å². The van der Waals surface area contributed by atoms with Crippen molar-refractivity contribution in [2.45, 2.75) is 19.4 Å². The van der Waals surface area contributed by atoms with E-state index >= 15 is 4.39 Å². The molecule has 2 aromatic carbocycles. The van der Waals surface area contributed by atoms with Crippen molar-refractivity contribution in [3.63, 3.8) is 0 Å². The Balaban J connectivity index is 1.56. The predicted octanol–water partition coefficient (Wildman–Crippen LogP) is 5.11. The van der Waals surface area contributed by atoms with E-state index in [0.717, 1.165) is 49.3 Å². The first-order valence-electron chi connectivity index (χ1n) is 12.3. The third-order valence-electron chi connectivity index (χ3n) is 6.10. The van der Waals surface area contributed by atoms with Gasteiger partial charge >= 0.3 is 0 Å². The standard InChI is InChI=1S/C26H30ClFIN5O4/c1-2-36-13-14-38-32-26(35)19-16-22-25(23(28)24(19)31-21-6-5-18(29)15-20(21)27)30-17-34(22)8-4-3-7-33-9-11-37-12-10-33/h2,5-6,15-17,31H,1,3-4,7-14H2,(H,32,35). The van der Waals surface area contributed by atoms with Crippen LogP contribution in [0.15, 0.2) is 43.4 Å². The fourth-order valence-electron chi connectivity index (χ4n) is 4.15. The molecule has 0 spiro atoms. The molecule has 0 saturated carbocycles. The molecule has 0 radical (unpaired) electrons. The Bertz CT molecular complexity index is 1270. The Morgan fingerprint density at radius 2 is 2.03 bits per heavy atom. The van der Waals surface area contributed by atoms with Gasteiger partial charge in [0.1, 0.15) is 18.7 Å². The monoisotopic (exact) mass is 657 g/mol. The molecule has 204 valence electrons. The van der Waals surface area contributed by atoms with Gasteiger partial charge in [0.15, 0.2) is 5.82 Å². The number of benzene rings is 2. The SMILES string of the molecule is C=COCCONC(=O)c1cc2c(ncn2CCCCN2CCOCC2)c(F)c1Nc1ccc(I)cc1Cl. The van der Waals surface area contributed by atoms with Crippen LogP contribution in [0.3, 0.4) is 0 Å². The van der Waals surface area contributed by atoms with E-state index in [1.165, 1.54) is 6.26 Å². The first kappa shape index (κ1) is 28.6. The summed E-state index contributed by atoms with van der Waals surface area (Å²) >= 11 is 8.52. The number of hydroxylamine groups is 1. The second-order valence-electron chi connectivity index (χ2n) is 8.65. The third-order valence-corrected chi connectivity index (χ3v) is 7.09. The summed E-state index contributed by atoms with van der Waals surface area (Å²) < 4.78 is 29.1. The fraction of sp³-hybridized carbons (Fsp3) is 0.385. The summed E-state index contributed by atoms with van der Waals surface area (Å²) in [6.45, 7) is 8.81. The normalized spacial score (nSPS) is 14.0. The molecule has 9 nitrogen and oxygen atoms in total. The summed E-state index contributed by atoms with van der Waals surface area (Å²) in [6.07, 6.45) is 4.76. The third kappa shape index (κ3) is 7.35. The van der Waals surface area contributed by atoms with Crippen LogP contribution in [0.2, 0.25) is 5.02 Å². The summed E-state index contributed by atoms with van der Waals surface area (Å²) in [4.78, 5) is 25.0. The molecule has 0 bridgehead atoms. The first-order valence-corrected chi connectivity index (χ1v) is 13.8. The van der Waals surface area contributed by atoms with Gasteiger partial charge < -0.3 is 19.4 Å². The Hall–Kier alpha value is -2.45. The number of morpholine rings is 1. The number of aromatic nitrogens is 2. The minimum Gasteiger partial charge on any atom is -0.499 e. The zero-order chi connectivity index (χ0) is 26.9. The second-order valence-corrected chi connectivity index (χ2v) is 10.3. The van der Waals surface area contributed by atoms with Crippen molar-refractivity contribution >= 4 is 62.5 Å². The van der Waals surface area contributed by atoms with E-state index in [0.29, 0.717) is 22.8 Å². The Labute approximate surface area is 239 Å². The Morgan fingerprint density at radius 1 is 1.24 bits per heavy atom. The van der Waals surface area contributed by atoms with E-state index in [1.807, 2.05) is 10.6 Å². The van der Waals surface area contributed by atoms with Crippen LogP contribution in [-0.2, 0) is 20.9 Å². The number of hydrogen-bond acceptors (Lipinski definition) is 7. The number of halogens is 3. The van der Waals surface area contributed by atoms with Crippen LogP contribution in [0.5, 0.6) is 0 Å². The lowest BCUT2D eigenvalue weighted by molar-refractivity contribution is 0.0145. The maximum absolute atomic E-state index is 15.9. The second kappa shape index (κ2) is 14.1. The molecule has 1 aliphatic heterocycles. The van der Waals surface area contributed by atoms with E-state index < -0.39 is 11.7 Å². The molecule has 4 rings (SSSR count). The lowest BCUT2D eigenvalue weighted by atomic mass is 10.1. The van der Waals surface area contributed by atoms with Crippen LogP contribution in [0, 0.1) is 9.39 Å². The maximum atomic E-state index is 15.9. The van der Waals surface area contributed by atoms with Crippen LogP contribution in [0.25, 0.3) is 11.0 Å². The number of carbonyl (C=O) groups is 1. The molecule has 38 heavy (non-hydrogen) atoms. The Kier molecular flexibility index (Phi) is 10.6. The highest BCUT2D eigenvalue weighted by molar-refractivity contribution is 14.1. The number of aryl methyl sites for hydroxylation is 1. The number of unbranched alkanes of at least 4 members (excludes halogenated alkanes) is 1. The van der Waals surface area contributed by atoms with Crippen LogP contribution >= 0.6 is 34.2 Å². The number of nitrogens with zero attached hydrogens (tertiary/aromatic N) is 3. The molecule has 2 heterocycles. The van der Waals surface area contributed by atoms with Crippen molar-refractivity contribution in [1.29, 1.82) is 0 Å². The molecular weight excluding hydrogens is 628 g/mol. The van der Waals surface area contributed by atoms with Crippen molar-refractivity contribution in [2.24, 2.45) is 0 Å². The zero-order valence-corrected chi connectivity index (χ0v) is 23.8. The predicted molar refractivity (Wildman–Crippen MR) is 153 cm³/mol. The van der Waals surface area contributed by atoms with Crippen LogP contribution in [-0.4, -0.2) is 66.4 Å². The van der Waals surface area contributed by atoms with Crippen LogP contribution < -0.4 is 10.8 Å². The van der Waals surface area contributed by atoms with Gasteiger partial charge in [-0.1, -0.05) is 18.2 Å². The molecule has 0 unspecified atom stereocenters. The summed E-state index contributed by atoms with van der Waals surface area (Å²) in [7, 11) is 0. The van der Waals surface area contributed by atoms with Gasteiger partial charge in [0.05, 0.1) is 53.3 Å². The lowest BCUT2D eigenvalue weighted by Crippen LogP contribution is -2.36. The van der Waals surface area contributed by atoms with E-state index in [-0.39, 0.29) is 30.0 Å². The summed E-state index contributed by atoms with van der Waals surface area (Å²) in [5, 5.41) is 3.38. The van der Waals surface area contributed by atoms with Gasteiger partial charge in [0.2, 0.25) is 0 Å². The molecule has 3 aromatic rings. The number of anilines is 2. The fourth-order valence-corrected chi connectivity index (χ4v) is 5.05. The zero-order valence-electron chi connectivity index (χ0n) is 20.9. The van der Waals surface area contributed by atoms with Gasteiger partial charge in [-0.15, -0.1) is 0 Å². The molecule has 0 aliphatic carbocycles. The quantitative estimate of drug-likeness (QED) is 0.114. The van der Waals surface area contributed by atoms with Crippen LogP contribution in [0.1, 0.15) is 23.2 Å². The van der Waals surface area contributed by atoms with Crippen molar-refractivity contribution in [1.82, 2.24) is 19.9 Å². The summed E-state index contributed by atoms with van der Waals surface area (Å²) in [6, 6.07) is 6.93. The average Bonchev–Trinajstić information content (AvgIpc) is 3.33. The largest absolute Gasteiger partial charge is 0.499 e. The number of imidazole rings is 1. The molecule has 1 aliphatic rings. The summed E-state index contributed by atoms with van der Waals surface area (Å²) in [5.74, 6) is -1.27. The van der Waals surface area contributed by atoms with Gasteiger partial charge in [-0.25, -0.2) is 14.9 Å². The van der Waals surface area contributed by atoms with E-state index in [1.54, 1.807) is 24.5 Å². The number of carbonyl (C=O) groups excluding carboxylic acids is 1. The van der Waals surface area contributed by atoms with Crippen molar-refractivity contribution in [3.8, 4) is 0 Å². The smallest absolute Gasteiger partial charge is 0.277 e. The van der Waals surface area contributed by atoms with Crippen molar-refractivity contribution in [3.05, 3.63) is 63.4 Å². The molecule has 1 aromatic heterocycles. The summed E-state index contributed by atoms with van der Waals surface area (Å²) in [5.41, 5.74) is 3.53. The maximum Gasteiger partial charge on any atom is 0.277 e. The van der Waals surface area contributed by atoms with Gasteiger partial charge in [0.25, 0.3) is 5.91 Å².